The zero-order chi connectivity index (χ0) is 19.3. The van der Waals surface area contributed by atoms with Crippen molar-refractivity contribution < 1.29 is 23.5 Å². The smallest absolute Gasteiger partial charge is 0.289 e. The number of likely N-dealkylation sites (tertiary alicyclic amines) is 1. The van der Waals surface area contributed by atoms with E-state index in [-0.39, 0.29) is 17.7 Å². The maximum Gasteiger partial charge on any atom is 0.289 e. The summed E-state index contributed by atoms with van der Waals surface area (Å²) < 4.78 is 16.3. The first kappa shape index (κ1) is 18.4. The van der Waals surface area contributed by atoms with Gasteiger partial charge in [0.2, 0.25) is 5.91 Å². The van der Waals surface area contributed by atoms with Gasteiger partial charge in [0.25, 0.3) is 5.91 Å². The van der Waals surface area contributed by atoms with Gasteiger partial charge < -0.3 is 24.1 Å². The third-order valence-corrected chi connectivity index (χ3v) is 5.20. The van der Waals surface area contributed by atoms with Crippen molar-refractivity contribution in [2.24, 2.45) is 5.92 Å². The number of nitrogens with one attached hydrogen (secondary N) is 1. The molecule has 7 heteroatoms. The predicted octanol–water partition coefficient (Wildman–Crippen LogP) is 2.26. The molecule has 0 unspecified atom stereocenters. The van der Waals surface area contributed by atoms with Crippen LogP contribution in [0.4, 0.5) is 0 Å². The quantitative estimate of drug-likeness (QED) is 0.855. The summed E-state index contributed by atoms with van der Waals surface area (Å²) in [4.78, 5) is 26.5. The van der Waals surface area contributed by atoms with Gasteiger partial charge in [-0.2, -0.15) is 0 Å². The molecule has 0 saturated carbocycles. The zero-order valence-electron chi connectivity index (χ0n) is 15.7. The molecule has 1 fully saturated rings. The van der Waals surface area contributed by atoms with E-state index in [1.165, 1.54) is 6.26 Å². The molecule has 1 saturated heterocycles. The molecule has 0 atom stereocenters. The molecule has 1 N–H and O–H groups in total. The van der Waals surface area contributed by atoms with Crippen LogP contribution in [-0.2, 0) is 11.2 Å². The van der Waals surface area contributed by atoms with Crippen LogP contribution in [0.25, 0.3) is 0 Å². The molecule has 0 bridgehead atoms. The monoisotopic (exact) mass is 384 g/mol. The molecule has 148 valence electrons. The lowest BCUT2D eigenvalue weighted by Gasteiger charge is -2.30. The maximum absolute atomic E-state index is 12.4. The highest BCUT2D eigenvalue weighted by Gasteiger charge is 2.28. The van der Waals surface area contributed by atoms with Crippen molar-refractivity contribution in [3.63, 3.8) is 0 Å². The van der Waals surface area contributed by atoms with Gasteiger partial charge >= 0.3 is 0 Å². The van der Waals surface area contributed by atoms with Crippen molar-refractivity contribution >= 4 is 11.8 Å². The van der Waals surface area contributed by atoms with Crippen molar-refractivity contribution in [3.8, 4) is 11.5 Å². The van der Waals surface area contributed by atoms with Gasteiger partial charge in [0.05, 0.1) is 6.26 Å². The minimum absolute atomic E-state index is 0.0547. The molecule has 7 nitrogen and oxygen atoms in total. The number of furan rings is 1. The van der Waals surface area contributed by atoms with Gasteiger partial charge in [0.15, 0.2) is 17.3 Å². The lowest BCUT2D eigenvalue weighted by Crippen LogP contribution is -2.43. The molecule has 0 spiro atoms. The van der Waals surface area contributed by atoms with E-state index in [4.69, 9.17) is 13.9 Å². The summed E-state index contributed by atoms with van der Waals surface area (Å²) in [6, 6.07) is 9.25. The molecule has 2 amide bonds. The predicted molar refractivity (Wildman–Crippen MR) is 101 cm³/mol. The van der Waals surface area contributed by atoms with E-state index in [1.807, 2.05) is 18.2 Å². The Labute approximate surface area is 163 Å². The first-order valence-corrected chi connectivity index (χ1v) is 9.70. The van der Waals surface area contributed by atoms with Gasteiger partial charge in [-0.05, 0) is 49.1 Å². The highest BCUT2D eigenvalue weighted by atomic mass is 16.6. The molecular formula is C21H24N2O5. The third kappa shape index (κ3) is 4.13. The number of piperidine rings is 1. The summed E-state index contributed by atoms with van der Waals surface area (Å²) in [5.74, 6) is 1.78. The van der Waals surface area contributed by atoms with Crippen LogP contribution in [-0.4, -0.2) is 49.6 Å². The molecule has 2 aliphatic rings. The lowest BCUT2D eigenvalue weighted by atomic mass is 9.95. The average molecular weight is 384 g/mol. The second-order valence-electron chi connectivity index (χ2n) is 7.06. The third-order valence-electron chi connectivity index (χ3n) is 5.20. The molecular weight excluding hydrogens is 360 g/mol. The van der Waals surface area contributed by atoms with Crippen molar-refractivity contribution in [1.82, 2.24) is 10.2 Å². The van der Waals surface area contributed by atoms with Crippen LogP contribution in [0.3, 0.4) is 0 Å². The number of carbonyl (C=O) groups excluding carboxylic acids is 2. The van der Waals surface area contributed by atoms with Crippen molar-refractivity contribution in [3.05, 3.63) is 47.9 Å². The number of ether oxygens (including phenoxy) is 2. The average Bonchev–Trinajstić information content (AvgIpc) is 3.28. The fraction of sp³-hybridized carbons (Fsp3) is 0.429. The second kappa shape index (κ2) is 8.37. The first-order chi connectivity index (χ1) is 13.7. The van der Waals surface area contributed by atoms with Crippen LogP contribution in [0.15, 0.2) is 41.0 Å². The Kier molecular flexibility index (Phi) is 5.50. The number of fused-ring (bicyclic) bond motifs is 1. The van der Waals surface area contributed by atoms with Crippen LogP contribution in [0.2, 0.25) is 0 Å². The van der Waals surface area contributed by atoms with Gasteiger partial charge in [0.1, 0.15) is 13.2 Å². The fourth-order valence-corrected chi connectivity index (χ4v) is 3.62. The fourth-order valence-electron chi connectivity index (χ4n) is 3.62. The SMILES string of the molecule is O=C(NCCc1ccc2c(c1)OCCO2)C1CCN(C(=O)c2ccco2)CC1. The number of benzene rings is 1. The molecule has 1 aromatic heterocycles. The minimum atomic E-state index is -0.109. The molecule has 3 heterocycles. The summed E-state index contributed by atoms with van der Waals surface area (Å²) in [6.45, 7) is 2.85. The summed E-state index contributed by atoms with van der Waals surface area (Å²) in [7, 11) is 0. The zero-order valence-corrected chi connectivity index (χ0v) is 15.7. The van der Waals surface area contributed by atoms with Crippen LogP contribution < -0.4 is 14.8 Å². The molecule has 2 aromatic rings. The molecule has 1 aromatic carbocycles. The normalized spacial score (nSPS) is 16.6. The largest absolute Gasteiger partial charge is 0.486 e. The molecule has 28 heavy (non-hydrogen) atoms. The number of rotatable bonds is 5. The molecule has 4 rings (SSSR count). The highest BCUT2D eigenvalue weighted by Crippen LogP contribution is 2.30. The number of nitrogens with zero attached hydrogens (tertiary/aromatic N) is 1. The van der Waals surface area contributed by atoms with Crippen LogP contribution in [0.5, 0.6) is 11.5 Å². The van der Waals surface area contributed by atoms with Crippen LogP contribution in [0, 0.1) is 5.92 Å². The van der Waals surface area contributed by atoms with E-state index in [1.54, 1.807) is 17.0 Å². The van der Waals surface area contributed by atoms with Crippen molar-refractivity contribution in [2.75, 3.05) is 32.8 Å². The van der Waals surface area contributed by atoms with Gasteiger partial charge in [-0.3, -0.25) is 9.59 Å². The van der Waals surface area contributed by atoms with Gasteiger partial charge in [-0.25, -0.2) is 0 Å². The molecule has 2 aliphatic heterocycles. The maximum atomic E-state index is 12.4. The first-order valence-electron chi connectivity index (χ1n) is 9.70. The van der Waals surface area contributed by atoms with Crippen molar-refractivity contribution in [1.29, 1.82) is 0 Å². The second-order valence-corrected chi connectivity index (χ2v) is 7.06. The minimum Gasteiger partial charge on any atom is -0.486 e. The Bertz CT molecular complexity index is 825. The van der Waals surface area contributed by atoms with E-state index in [2.05, 4.69) is 5.32 Å². The molecule has 0 aliphatic carbocycles. The lowest BCUT2D eigenvalue weighted by molar-refractivity contribution is -0.126. The van der Waals surface area contributed by atoms with Gasteiger partial charge in [0, 0.05) is 25.6 Å². The van der Waals surface area contributed by atoms with Crippen molar-refractivity contribution in [2.45, 2.75) is 19.3 Å². The Hall–Kier alpha value is -2.96. The Balaban J connectivity index is 1.21. The van der Waals surface area contributed by atoms with Gasteiger partial charge in [-0.15, -0.1) is 0 Å². The standard InChI is InChI=1S/C21H24N2O5/c24-20(16-6-9-23(10-7-16)21(25)18-2-1-11-26-18)22-8-5-15-3-4-17-19(14-15)28-13-12-27-17/h1-4,11,14,16H,5-10,12-13H2,(H,22,24). The van der Waals surface area contributed by atoms with E-state index >= 15 is 0 Å². The molecule has 0 radical (unpaired) electrons. The Morgan fingerprint density at radius 1 is 1.07 bits per heavy atom. The Morgan fingerprint density at radius 2 is 1.86 bits per heavy atom. The van der Waals surface area contributed by atoms with E-state index in [9.17, 15) is 9.59 Å². The van der Waals surface area contributed by atoms with E-state index in [0.29, 0.717) is 51.4 Å². The number of carbonyl (C=O) groups is 2. The van der Waals surface area contributed by atoms with E-state index < -0.39 is 0 Å². The van der Waals surface area contributed by atoms with Crippen LogP contribution in [0.1, 0.15) is 29.0 Å². The van der Waals surface area contributed by atoms with Gasteiger partial charge in [-0.1, -0.05) is 6.07 Å². The summed E-state index contributed by atoms with van der Waals surface area (Å²) in [5, 5.41) is 3.02. The summed E-state index contributed by atoms with van der Waals surface area (Å²) >= 11 is 0. The number of hydrogen-bond donors (Lipinski definition) is 1. The topological polar surface area (TPSA) is 81.0 Å². The Morgan fingerprint density at radius 3 is 2.61 bits per heavy atom. The summed E-state index contributed by atoms with van der Waals surface area (Å²) in [5.41, 5.74) is 1.10. The van der Waals surface area contributed by atoms with E-state index in [0.717, 1.165) is 23.5 Å². The summed E-state index contributed by atoms with van der Waals surface area (Å²) in [6.07, 6.45) is 3.57. The van der Waals surface area contributed by atoms with Crippen LogP contribution >= 0.6 is 0 Å². The highest BCUT2D eigenvalue weighted by molar-refractivity contribution is 5.91. The number of amides is 2. The number of hydrogen-bond acceptors (Lipinski definition) is 5.